The van der Waals surface area contributed by atoms with Crippen LogP contribution >= 0.6 is 0 Å². The molecule has 23 heavy (non-hydrogen) atoms. The summed E-state index contributed by atoms with van der Waals surface area (Å²) in [6.45, 7) is 7.65. The maximum absolute atomic E-state index is 12.1. The highest BCUT2D eigenvalue weighted by Gasteiger charge is 2.32. The lowest BCUT2D eigenvalue weighted by molar-refractivity contribution is -0.162. The van der Waals surface area contributed by atoms with Crippen LogP contribution in [-0.4, -0.2) is 32.3 Å². The van der Waals surface area contributed by atoms with E-state index in [2.05, 4.69) is 6.58 Å². The number of methoxy groups -OCH3 is 1. The average Bonchev–Trinajstić information content (AvgIpc) is 2.56. The highest BCUT2D eigenvalue weighted by Crippen LogP contribution is 2.28. The third-order valence-corrected chi connectivity index (χ3v) is 3.46. The molecule has 0 heterocycles. The van der Waals surface area contributed by atoms with Gasteiger partial charge in [-0.3, -0.25) is 9.59 Å². The number of rotatable bonds is 9. The zero-order valence-electron chi connectivity index (χ0n) is 13.9. The number of carbonyl (C=O) groups excluding carboxylic acids is 2. The zero-order valence-corrected chi connectivity index (χ0v) is 13.9. The number of esters is 2. The van der Waals surface area contributed by atoms with Gasteiger partial charge in [-0.05, 0) is 38.0 Å². The topological polar surface area (TPSA) is 61.8 Å². The molecule has 1 aromatic rings. The van der Waals surface area contributed by atoms with E-state index in [9.17, 15) is 9.59 Å². The van der Waals surface area contributed by atoms with Crippen molar-refractivity contribution >= 4 is 11.9 Å². The molecule has 5 heteroatoms. The minimum atomic E-state index is -0.958. The van der Waals surface area contributed by atoms with Crippen molar-refractivity contribution in [2.45, 2.75) is 26.2 Å². The van der Waals surface area contributed by atoms with Crippen LogP contribution in [-0.2, 0) is 19.1 Å². The van der Waals surface area contributed by atoms with Crippen LogP contribution in [0.4, 0.5) is 0 Å². The summed E-state index contributed by atoms with van der Waals surface area (Å²) >= 11 is 0. The molecule has 1 aromatic carbocycles. The summed E-state index contributed by atoms with van der Waals surface area (Å²) in [7, 11) is 1.59. The van der Waals surface area contributed by atoms with Crippen molar-refractivity contribution in [1.29, 1.82) is 0 Å². The molecule has 0 saturated heterocycles. The number of benzene rings is 1. The second kappa shape index (κ2) is 9.66. The molecule has 0 aliphatic carbocycles. The number of ether oxygens (including phenoxy) is 3. The van der Waals surface area contributed by atoms with Gasteiger partial charge >= 0.3 is 11.9 Å². The molecule has 0 spiro atoms. The standard InChI is InChI=1S/C18H24O5/c1-5-13(14-8-10-15(21-4)11-9-14)12-16(17(19)22-6-2)18(20)23-7-3/h5,8-11,13,16H,1,6-7,12H2,2-4H3. The van der Waals surface area contributed by atoms with Crippen LogP contribution in [0.15, 0.2) is 36.9 Å². The quantitative estimate of drug-likeness (QED) is 0.397. The lowest BCUT2D eigenvalue weighted by Gasteiger charge is -2.19. The summed E-state index contributed by atoms with van der Waals surface area (Å²) in [5, 5.41) is 0. The maximum Gasteiger partial charge on any atom is 0.320 e. The molecule has 0 saturated carbocycles. The van der Waals surface area contributed by atoms with Gasteiger partial charge in [0.25, 0.3) is 0 Å². The molecule has 0 bridgehead atoms. The second-order valence-electron chi connectivity index (χ2n) is 4.91. The SMILES string of the molecule is C=CC(CC(C(=O)OCC)C(=O)OCC)c1ccc(OC)cc1. The Kier molecular flexibility index (Phi) is 7.88. The smallest absolute Gasteiger partial charge is 0.320 e. The molecule has 0 aromatic heterocycles. The van der Waals surface area contributed by atoms with Crippen LogP contribution in [0.25, 0.3) is 0 Å². The van der Waals surface area contributed by atoms with Crippen molar-refractivity contribution in [3.63, 3.8) is 0 Å². The molecule has 0 radical (unpaired) electrons. The summed E-state index contributed by atoms with van der Waals surface area (Å²) in [5.41, 5.74) is 0.944. The third-order valence-electron chi connectivity index (χ3n) is 3.46. The van der Waals surface area contributed by atoms with Crippen molar-refractivity contribution in [3.8, 4) is 5.75 Å². The van der Waals surface area contributed by atoms with E-state index in [0.29, 0.717) is 0 Å². The van der Waals surface area contributed by atoms with Gasteiger partial charge < -0.3 is 14.2 Å². The first kappa shape index (κ1) is 18.7. The fourth-order valence-electron chi connectivity index (χ4n) is 2.25. The number of carbonyl (C=O) groups is 2. The maximum atomic E-state index is 12.1. The predicted molar refractivity (Wildman–Crippen MR) is 87.3 cm³/mol. The fraction of sp³-hybridized carbons (Fsp3) is 0.444. The zero-order chi connectivity index (χ0) is 17.2. The third kappa shape index (κ3) is 5.43. The molecular weight excluding hydrogens is 296 g/mol. The lowest BCUT2D eigenvalue weighted by atomic mass is 9.88. The predicted octanol–water partition coefficient (Wildman–Crippen LogP) is 3.10. The van der Waals surface area contributed by atoms with Crippen LogP contribution in [0, 0.1) is 5.92 Å². The molecule has 0 fully saturated rings. The van der Waals surface area contributed by atoms with Gasteiger partial charge in [0.05, 0.1) is 20.3 Å². The Morgan fingerprint density at radius 2 is 1.61 bits per heavy atom. The van der Waals surface area contributed by atoms with Crippen LogP contribution in [0.5, 0.6) is 5.75 Å². The van der Waals surface area contributed by atoms with Crippen molar-refractivity contribution in [2.75, 3.05) is 20.3 Å². The average molecular weight is 320 g/mol. The van der Waals surface area contributed by atoms with Crippen LogP contribution in [0.1, 0.15) is 31.7 Å². The normalized spacial score (nSPS) is 11.7. The summed E-state index contributed by atoms with van der Waals surface area (Å²) in [5.74, 6) is -1.51. The highest BCUT2D eigenvalue weighted by molar-refractivity contribution is 5.95. The van der Waals surface area contributed by atoms with E-state index < -0.39 is 17.9 Å². The van der Waals surface area contributed by atoms with Crippen LogP contribution in [0.2, 0.25) is 0 Å². The monoisotopic (exact) mass is 320 g/mol. The summed E-state index contributed by atoms with van der Waals surface area (Å²) in [6.07, 6.45) is 1.97. The molecule has 1 rings (SSSR count). The van der Waals surface area contributed by atoms with Gasteiger partial charge in [-0.25, -0.2) is 0 Å². The number of hydrogen-bond acceptors (Lipinski definition) is 5. The van der Waals surface area contributed by atoms with Gasteiger partial charge in [-0.2, -0.15) is 0 Å². The summed E-state index contributed by atoms with van der Waals surface area (Å²) in [6, 6.07) is 7.43. The second-order valence-corrected chi connectivity index (χ2v) is 4.91. The molecule has 0 N–H and O–H groups in total. The Balaban J connectivity index is 2.94. The van der Waals surface area contributed by atoms with Gasteiger partial charge in [0.15, 0.2) is 5.92 Å². The first-order valence-corrected chi connectivity index (χ1v) is 7.67. The van der Waals surface area contributed by atoms with Gasteiger partial charge in [0.1, 0.15) is 5.75 Å². The molecule has 1 unspecified atom stereocenters. The van der Waals surface area contributed by atoms with Crippen molar-refractivity contribution < 1.29 is 23.8 Å². The number of hydrogen-bond donors (Lipinski definition) is 0. The highest BCUT2D eigenvalue weighted by atomic mass is 16.6. The first-order chi connectivity index (χ1) is 11.1. The van der Waals surface area contributed by atoms with Gasteiger partial charge in [-0.15, -0.1) is 6.58 Å². The summed E-state index contributed by atoms with van der Waals surface area (Å²) < 4.78 is 15.1. The van der Waals surface area contributed by atoms with Crippen molar-refractivity contribution in [2.24, 2.45) is 5.92 Å². The Labute approximate surface area is 137 Å². The van der Waals surface area contributed by atoms with E-state index in [0.717, 1.165) is 11.3 Å². The molecule has 0 aliphatic heterocycles. The minimum absolute atomic E-state index is 0.167. The largest absolute Gasteiger partial charge is 0.497 e. The van der Waals surface area contributed by atoms with Crippen LogP contribution in [0.3, 0.4) is 0 Å². The minimum Gasteiger partial charge on any atom is -0.497 e. The molecule has 5 nitrogen and oxygen atoms in total. The Morgan fingerprint density at radius 1 is 1.09 bits per heavy atom. The number of allylic oxidation sites excluding steroid dienone is 1. The van der Waals surface area contributed by atoms with E-state index in [4.69, 9.17) is 14.2 Å². The van der Waals surface area contributed by atoms with Crippen molar-refractivity contribution in [3.05, 3.63) is 42.5 Å². The molecule has 0 aliphatic rings. The van der Waals surface area contributed by atoms with Gasteiger partial charge in [-0.1, -0.05) is 18.2 Å². The van der Waals surface area contributed by atoms with Crippen molar-refractivity contribution in [1.82, 2.24) is 0 Å². The van der Waals surface area contributed by atoms with E-state index in [1.54, 1.807) is 27.0 Å². The lowest BCUT2D eigenvalue weighted by Crippen LogP contribution is -2.29. The van der Waals surface area contributed by atoms with Gasteiger partial charge in [0, 0.05) is 5.92 Å². The molecular formula is C18H24O5. The Morgan fingerprint density at radius 3 is 2.00 bits per heavy atom. The van der Waals surface area contributed by atoms with E-state index in [1.807, 2.05) is 24.3 Å². The Hall–Kier alpha value is -2.30. The molecule has 126 valence electrons. The van der Waals surface area contributed by atoms with Crippen LogP contribution < -0.4 is 4.74 Å². The summed E-state index contributed by atoms with van der Waals surface area (Å²) in [4.78, 5) is 24.1. The van der Waals surface area contributed by atoms with E-state index in [-0.39, 0.29) is 25.6 Å². The molecule has 1 atom stereocenters. The van der Waals surface area contributed by atoms with Gasteiger partial charge in [0.2, 0.25) is 0 Å². The Bertz CT molecular complexity index is 503. The fourth-order valence-corrected chi connectivity index (χ4v) is 2.25. The molecule has 0 amide bonds. The van der Waals surface area contributed by atoms with E-state index in [1.165, 1.54) is 0 Å². The van der Waals surface area contributed by atoms with E-state index >= 15 is 0 Å². The first-order valence-electron chi connectivity index (χ1n) is 7.67.